The van der Waals surface area contributed by atoms with Gasteiger partial charge in [-0.05, 0) is 38.0 Å². The molecule has 7 nitrogen and oxygen atoms in total. The summed E-state index contributed by atoms with van der Waals surface area (Å²) in [5.41, 5.74) is 6.47. The molecule has 1 aliphatic rings. The molecule has 164 valence electrons. The van der Waals surface area contributed by atoms with Crippen molar-refractivity contribution in [2.45, 2.75) is 27.3 Å². The normalized spacial score (nSPS) is 14.8. The van der Waals surface area contributed by atoms with Gasteiger partial charge in [0.1, 0.15) is 17.0 Å². The van der Waals surface area contributed by atoms with Gasteiger partial charge in [0, 0.05) is 37.4 Å². The molecule has 0 atom stereocenters. The lowest BCUT2D eigenvalue weighted by molar-refractivity contribution is 0.227. The Hall–Kier alpha value is -3.45. The Bertz CT molecular complexity index is 1210. The van der Waals surface area contributed by atoms with E-state index in [0.29, 0.717) is 24.1 Å². The molecule has 1 fully saturated rings. The standard InChI is InChI=1S/C25H27N5O2/c1-17-8-7-11-21(18(17)2)30-14-12-29(13-15-30)16-22-26-27-25(31-22)23-19(3)32-28-24(23)20-9-5-4-6-10-20/h4-11H,12-16H2,1-3H3. The molecule has 0 spiro atoms. The number of rotatable bonds is 5. The highest BCUT2D eigenvalue weighted by Crippen LogP contribution is 2.33. The lowest BCUT2D eigenvalue weighted by atomic mass is 10.1. The number of nitrogens with zero attached hydrogens (tertiary/aromatic N) is 5. The molecule has 3 heterocycles. The Labute approximate surface area is 187 Å². The van der Waals surface area contributed by atoms with Crippen molar-refractivity contribution in [3.63, 3.8) is 0 Å². The first-order valence-corrected chi connectivity index (χ1v) is 11.0. The number of anilines is 1. The molecule has 0 saturated carbocycles. The molecule has 0 bridgehead atoms. The topological polar surface area (TPSA) is 71.4 Å². The summed E-state index contributed by atoms with van der Waals surface area (Å²) >= 11 is 0. The van der Waals surface area contributed by atoms with Crippen LogP contribution < -0.4 is 4.90 Å². The van der Waals surface area contributed by atoms with Gasteiger partial charge >= 0.3 is 0 Å². The molecule has 0 unspecified atom stereocenters. The van der Waals surface area contributed by atoms with Crippen molar-refractivity contribution < 1.29 is 8.94 Å². The van der Waals surface area contributed by atoms with Gasteiger partial charge in [-0.25, -0.2) is 0 Å². The molecule has 2 aromatic heterocycles. The zero-order valence-electron chi connectivity index (χ0n) is 18.7. The van der Waals surface area contributed by atoms with Gasteiger partial charge < -0.3 is 13.8 Å². The zero-order chi connectivity index (χ0) is 22.1. The van der Waals surface area contributed by atoms with Crippen molar-refractivity contribution in [1.29, 1.82) is 0 Å². The lowest BCUT2D eigenvalue weighted by Crippen LogP contribution is -2.46. The highest BCUT2D eigenvalue weighted by atomic mass is 16.5. The Morgan fingerprint density at radius 2 is 1.66 bits per heavy atom. The summed E-state index contributed by atoms with van der Waals surface area (Å²) in [6.07, 6.45) is 0. The van der Waals surface area contributed by atoms with Gasteiger partial charge in [-0.15, -0.1) is 10.2 Å². The second kappa shape index (κ2) is 8.59. The van der Waals surface area contributed by atoms with Gasteiger partial charge in [0.2, 0.25) is 5.89 Å². The fourth-order valence-electron chi connectivity index (χ4n) is 4.25. The number of hydrogen-bond acceptors (Lipinski definition) is 7. The molecule has 2 aromatic carbocycles. The Morgan fingerprint density at radius 3 is 2.44 bits per heavy atom. The number of benzene rings is 2. The largest absolute Gasteiger partial charge is 0.419 e. The highest BCUT2D eigenvalue weighted by molar-refractivity contribution is 5.77. The molecular weight excluding hydrogens is 402 g/mol. The van der Waals surface area contributed by atoms with Crippen LogP contribution in [0.2, 0.25) is 0 Å². The maximum Gasteiger partial charge on any atom is 0.253 e. The Kier molecular flexibility index (Phi) is 5.49. The SMILES string of the molecule is Cc1cccc(N2CCN(Cc3nnc(-c4c(-c5ccccc5)noc4C)o3)CC2)c1C. The molecule has 0 amide bonds. The zero-order valence-corrected chi connectivity index (χ0v) is 18.7. The van der Waals surface area contributed by atoms with E-state index < -0.39 is 0 Å². The van der Waals surface area contributed by atoms with E-state index in [1.807, 2.05) is 37.3 Å². The van der Waals surface area contributed by atoms with Crippen LogP contribution in [-0.2, 0) is 6.54 Å². The summed E-state index contributed by atoms with van der Waals surface area (Å²) in [5, 5.41) is 12.8. The minimum Gasteiger partial charge on any atom is -0.419 e. The van der Waals surface area contributed by atoms with Crippen molar-refractivity contribution in [1.82, 2.24) is 20.3 Å². The monoisotopic (exact) mass is 429 g/mol. The highest BCUT2D eigenvalue weighted by Gasteiger charge is 2.24. The van der Waals surface area contributed by atoms with Crippen LogP contribution in [0.5, 0.6) is 0 Å². The third-order valence-electron chi connectivity index (χ3n) is 6.24. The van der Waals surface area contributed by atoms with Crippen LogP contribution in [0, 0.1) is 20.8 Å². The predicted molar refractivity (Wildman–Crippen MR) is 123 cm³/mol. The second-order valence-electron chi connectivity index (χ2n) is 8.31. The summed E-state index contributed by atoms with van der Waals surface area (Å²) in [5.74, 6) is 1.73. The maximum absolute atomic E-state index is 6.04. The summed E-state index contributed by atoms with van der Waals surface area (Å²) in [6, 6.07) is 16.4. The van der Waals surface area contributed by atoms with Gasteiger partial charge in [-0.1, -0.05) is 47.6 Å². The van der Waals surface area contributed by atoms with E-state index in [1.165, 1.54) is 16.8 Å². The number of hydrogen-bond donors (Lipinski definition) is 0. The van der Waals surface area contributed by atoms with Crippen LogP contribution in [0.3, 0.4) is 0 Å². The van der Waals surface area contributed by atoms with E-state index in [4.69, 9.17) is 8.94 Å². The van der Waals surface area contributed by atoms with Crippen LogP contribution in [0.25, 0.3) is 22.7 Å². The molecule has 7 heteroatoms. The van der Waals surface area contributed by atoms with Crippen molar-refractivity contribution in [2.75, 3.05) is 31.1 Å². The van der Waals surface area contributed by atoms with Gasteiger partial charge in [0.15, 0.2) is 0 Å². The first-order valence-electron chi connectivity index (χ1n) is 11.0. The van der Waals surface area contributed by atoms with E-state index in [-0.39, 0.29) is 0 Å². The minimum atomic E-state index is 0.451. The summed E-state index contributed by atoms with van der Waals surface area (Å²) < 4.78 is 11.5. The molecule has 32 heavy (non-hydrogen) atoms. The Morgan fingerprint density at radius 1 is 0.875 bits per heavy atom. The minimum absolute atomic E-state index is 0.451. The molecule has 0 radical (unpaired) electrons. The number of piperazine rings is 1. The fraction of sp³-hybridized carbons (Fsp3) is 0.320. The third-order valence-corrected chi connectivity index (χ3v) is 6.24. The molecular formula is C25H27N5O2. The van der Waals surface area contributed by atoms with Gasteiger partial charge in [0.25, 0.3) is 5.89 Å². The first-order chi connectivity index (χ1) is 15.6. The average Bonchev–Trinajstić information content (AvgIpc) is 3.43. The van der Waals surface area contributed by atoms with Crippen LogP contribution >= 0.6 is 0 Å². The molecule has 5 rings (SSSR count). The van der Waals surface area contributed by atoms with Crippen molar-refractivity contribution in [3.05, 3.63) is 71.3 Å². The smallest absolute Gasteiger partial charge is 0.253 e. The molecule has 1 saturated heterocycles. The van der Waals surface area contributed by atoms with Crippen molar-refractivity contribution in [3.8, 4) is 22.7 Å². The van der Waals surface area contributed by atoms with E-state index in [2.05, 4.69) is 57.2 Å². The summed E-state index contributed by atoms with van der Waals surface area (Å²) in [6.45, 7) is 10.7. The van der Waals surface area contributed by atoms with E-state index in [0.717, 1.165) is 43.0 Å². The maximum atomic E-state index is 6.04. The summed E-state index contributed by atoms with van der Waals surface area (Å²) in [4.78, 5) is 4.82. The molecule has 0 N–H and O–H groups in total. The van der Waals surface area contributed by atoms with Crippen LogP contribution in [0.4, 0.5) is 5.69 Å². The quantitative estimate of drug-likeness (QED) is 0.458. The molecule has 0 aliphatic carbocycles. The average molecular weight is 430 g/mol. The third kappa shape index (κ3) is 3.91. The van der Waals surface area contributed by atoms with Gasteiger partial charge in [-0.2, -0.15) is 0 Å². The van der Waals surface area contributed by atoms with E-state index in [1.54, 1.807) is 0 Å². The number of aryl methyl sites for hydroxylation is 2. The lowest BCUT2D eigenvalue weighted by Gasteiger charge is -2.36. The predicted octanol–water partition coefficient (Wildman–Crippen LogP) is 4.64. The van der Waals surface area contributed by atoms with Crippen LogP contribution in [-0.4, -0.2) is 46.4 Å². The Balaban J connectivity index is 1.27. The first kappa shape index (κ1) is 20.5. The number of aromatic nitrogens is 3. The molecule has 1 aliphatic heterocycles. The van der Waals surface area contributed by atoms with Crippen molar-refractivity contribution in [2.24, 2.45) is 0 Å². The van der Waals surface area contributed by atoms with Gasteiger partial charge in [0.05, 0.1) is 6.54 Å². The van der Waals surface area contributed by atoms with E-state index >= 15 is 0 Å². The second-order valence-corrected chi connectivity index (χ2v) is 8.31. The summed E-state index contributed by atoms with van der Waals surface area (Å²) in [7, 11) is 0. The van der Waals surface area contributed by atoms with Crippen LogP contribution in [0.1, 0.15) is 22.8 Å². The van der Waals surface area contributed by atoms with Crippen molar-refractivity contribution >= 4 is 5.69 Å². The van der Waals surface area contributed by atoms with Crippen LogP contribution in [0.15, 0.2) is 57.5 Å². The molecule has 4 aromatic rings. The van der Waals surface area contributed by atoms with Gasteiger partial charge in [-0.3, -0.25) is 4.90 Å². The fourth-order valence-corrected chi connectivity index (χ4v) is 4.25. The van der Waals surface area contributed by atoms with E-state index in [9.17, 15) is 0 Å².